The van der Waals surface area contributed by atoms with E-state index in [-0.39, 0.29) is 0 Å². The largest absolute Gasteiger partial charge is 0.497 e. The average molecular weight is 415 g/mol. The van der Waals surface area contributed by atoms with Crippen LogP contribution >= 0.6 is 11.3 Å². The highest BCUT2D eigenvalue weighted by Gasteiger charge is 2.20. The highest BCUT2D eigenvalue weighted by atomic mass is 32.1. The Balaban J connectivity index is 1.36. The maximum absolute atomic E-state index is 5.24. The summed E-state index contributed by atoms with van der Waals surface area (Å²) in [5.41, 5.74) is 2.78. The molecule has 158 valence electrons. The van der Waals surface area contributed by atoms with Gasteiger partial charge in [0.05, 0.1) is 7.11 Å². The Kier molecular flexibility index (Phi) is 8.38. The van der Waals surface area contributed by atoms with E-state index >= 15 is 0 Å². The minimum atomic E-state index is 0.492. The predicted molar refractivity (Wildman–Crippen MR) is 123 cm³/mol. The predicted octanol–water partition coefficient (Wildman–Crippen LogP) is 4.08. The van der Waals surface area contributed by atoms with Crippen molar-refractivity contribution in [2.24, 2.45) is 4.99 Å². The zero-order valence-electron chi connectivity index (χ0n) is 17.9. The van der Waals surface area contributed by atoms with Crippen LogP contribution in [0.3, 0.4) is 0 Å². The van der Waals surface area contributed by atoms with Gasteiger partial charge in [-0.15, -0.1) is 0 Å². The zero-order valence-corrected chi connectivity index (χ0v) is 18.7. The third kappa shape index (κ3) is 6.75. The second-order valence-corrected chi connectivity index (χ2v) is 8.57. The maximum Gasteiger partial charge on any atom is 0.191 e. The number of methoxy groups -OCH3 is 1. The lowest BCUT2D eigenvalue weighted by atomic mass is 9.98. The van der Waals surface area contributed by atoms with Crippen LogP contribution in [0, 0.1) is 0 Å². The van der Waals surface area contributed by atoms with Gasteiger partial charge in [-0.05, 0) is 65.3 Å². The molecule has 1 saturated heterocycles. The van der Waals surface area contributed by atoms with Crippen molar-refractivity contribution in [3.8, 4) is 5.75 Å². The SMILES string of the molecule is CN=C(NCCC(C)c1ccc(OC)cc1)NC1CCN(Cc2ccsc2)CC1. The van der Waals surface area contributed by atoms with E-state index in [4.69, 9.17) is 4.74 Å². The van der Waals surface area contributed by atoms with E-state index in [1.807, 2.05) is 19.2 Å². The second kappa shape index (κ2) is 11.2. The van der Waals surface area contributed by atoms with Crippen LogP contribution in [0.5, 0.6) is 5.75 Å². The zero-order chi connectivity index (χ0) is 20.5. The number of aliphatic imine (C=N–C) groups is 1. The number of piperidine rings is 1. The highest BCUT2D eigenvalue weighted by Crippen LogP contribution is 2.21. The van der Waals surface area contributed by atoms with Gasteiger partial charge in [0.1, 0.15) is 5.75 Å². The van der Waals surface area contributed by atoms with Gasteiger partial charge in [-0.1, -0.05) is 19.1 Å². The van der Waals surface area contributed by atoms with Gasteiger partial charge in [0, 0.05) is 39.3 Å². The first-order valence-electron chi connectivity index (χ1n) is 10.5. The molecule has 3 rings (SSSR count). The van der Waals surface area contributed by atoms with Crippen molar-refractivity contribution in [1.29, 1.82) is 0 Å². The summed E-state index contributed by atoms with van der Waals surface area (Å²) in [6.45, 7) is 6.53. The van der Waals surface area contributed by atoms with Crippen molar-refractivity contribution in [3.05, 3.63) is 52.2 Å². The van der Waals surface area contributed by atoms with Gasteiger partial charge in [0.25, 0.3) is 0 Å². The summed E-state index contributed by atoms with van der Waals surface area (Å²) in [6.07, 6.45) is 3.38. The summed E-state index contributed by atoms with van der Waals surface area (Å²) in [5.74, 6) is 2.32. The lowest BCUT2D eigenvalue weighted by Crippen LogP contribution is -2.48. The molecule has 1 fully saturated rings. The van der Waals surface area contributed by atoms with Crippen LogP contribution in [0.1, 0.15) is 43.2 Å². The summed E-state index contributed by atoms with van der Waals surface area (Å²) in [6, 6.07) is 11.1. The van der Waals surface area contributed by atoms with Crippen molar-refractivity contribution in [3.63, 3.8) is 0 Å². The van der Waals surface area contributed by atoms with E-state index in [1.165, 1.54) is 11.1 Å². The Labute approximate surface area is 179 Å². The lowest BCUT2D eigenvalue weighted by Gasteiger charge is -2.33. The van der Waals surface area contributed by atoms with Crippen molar-refractivity contribution < 1.29 is 4.74 Å². The van der Waals surface area contributed by atoms with E-state index in [1.54, 1.807) is 18.4 Å². The number of likely N-dealkylation sites (tertiary alicyclic amines) is 1. The molecule has 5 nitrogen and oxygen atoms in total. The van der Waals surface area contributed by atoms with Crippen LogP contribution < -0.4 is 15.4 Å². The molecule has 2 aromatic rings. The molecule has 1 aromatic carbocycles. The Morgan fingerprint density at radius 3 is 2.62 bits per heavy atom. The fourth-order valence-electron chi connectivity index (χ4n) is 3.77. The molecule has 1 aliphatic heterocycles. The molecule has 0 radical (unpaired) electrons. The second-order valence-electron chi connectivity index (χ2n) is 7.79. The van der Waals surface area contributed by atoms with Gasteiger partial charge in [-0.2, -0.15) is 11.3 Å². The topological polar surface area (TPSA) is 48.9 Å². The van der Waals surface area contributed by atoms with Crippen molar-refractivity contribution in [1.82, 2.24) is 15.5 Å². The minimum absolute atomic E-state index is 0.492. The maximum atomic E-state index is 5.24. The number of rotatable bonds is 8. The number of ether oxygens (including phenoxy) is 1. The van der Waals surface area contributed by atoms with Crippen LogP contribution in [0.2, 0.25) is 0 Å². The third-order valence-electron chi connectivity index (χ3n) is 5.69. The fourth-order valence-corrected chi connectivity index (χ4v) is 4.43. The minimum Gasteiger partial charge on any atom is -0.497 e. The number of hydrogen-bond acceptors (Lipinski definition) is 4. The summed E-state index contributed by atoms with van der Waals surface area (Å²) in [7, 11) is 3.56. The molecular formula is C23H34N4OS. The van der Waals surface area contributed by atoms with Crippen LogP contribution in [0.25, 0.3) is 0 Å². The van der Waals surface area contributed by atoms with E-state index in [0.29, 0.717) is 12.0 Å². The molecule has 0 bridgehead atoms. The Morgan fingerprint density at radius 1 is 1.24 bits per heavy atom. The molecule has 0 saturated carbocycles. The molecule has 1 unspecified atom stereocenters. The smallest absolute Gasteiger partial charge is 0.191 e. The van der Waals surface area contributed by atoms with Crippen molar-refractivity contribution in [2.45, 2.75) is 44.7 Å². The number of benzene rings is 1. The number of guanidine groups is 1. The lowest BCUT2D eigenvalue weighted by molar-refractivity contribution is 0.198. The number of nitrogens with zero attached hydrogens (tertiary/aromatic N) is 2. The van der Waals surface area contributed by atoms with Gasteiger partial charge in [0.15, 0.2) is 5.96 Å². The normalized spacial score (nSPS) is 17.1. The summed E-state index contributed by atoms with van der Waals surface area (Å²) in [5, 5.41) is 11.5. The number of hydrogen-bond donors (Lipinski definition) is 2. The monoisotopic (exact) mass is 414 g/mol. The average Bonchev–Trinajstić information content (AvgIpc) is 3.27. The Hall–Kier alpha value is -2.05. The first kappa shape index (κ1) is 21.7. The van der Waals surface area contributed by atoms with E-state index in [9.17, 15) is 0 Å². The van der Waals surface area contributed by atoms with Gasteiger partial charge in [-0.25, -0.2) is 0 Å². The van der Waals surface area contributed by atoms with Crippen LogP contribution in [-0.2, 0) is 6.54 Å². The molecule has 1 atom stereocenters. The number of thiophene rings is 1. The molecule has 1 aromatic heterocycles. The van der Waals surface area contributed by atoms with Gasteiger partial charge < -0.3 is 15.4 Å². The van der Waals surface area contributed by atoms with Gasteiger partial charge in [-0.3, -0.25) is 9.89 Å². The highest BCUT2D eigenvalue weighted by molar-refractivity contribution is 7.07. The molecule has 0 amide bonds. The van der Waals surface area contributed by atoms with Gasteiger partial charge in [0.2, 0.25) is 0 Å². The van der Waals surface area contributed by atoms with Crippen LogP contribution in [0.15, 0.2) is 46.1 Å². The first-order valence-corrected chi connectivity index (χ1v) is 11.5. The van der Waals surface area contributed by atoms with E-state index in [0.717, 1.165) is 57.2 Å². The molecule has 0 spiro atoms. The first-order chi connectivity index (χ1) is 14.2. The third-order valence-corrected chi connectivity index (χ3v) is 6.42. The number of nitrogens with one attached hydrogen (secondary N) is 2. The molecule has 2 N–H and O–H groups in total. The molecule has 6 heteroatoms. The Bertz CT molecular complexity index is 737. The van der Waals surface area contributed by atoms with E-state index in [2.05, 4.69) is 56.4 Å². The van der Waals surface area contributed by atoms with Crippen molar-refractivity contribution >= 4 is 17.3 Å². The fraction of sp³-hybridized carbons (Fsp3) is 0.522. The van der Waals surface area contributed by atoms with Crippen LogP contribution in [-0.4, -0.2) is 50.7 Å². The Morgan fingerprint density at radius 2 is 2.00 bits per heavy atom. The van der Waals surface area contributed by atoms with E-state index < -0.39 is 0 Å². The van der Waals surface area contributed by atoms with Crippen molar-refractivity contribution in [2.75, 3.05) is 33.8 Å². The standard InChI is InChI=1S/C23H34N4OS/c1-18(20-4-6-22(28-3)7-5-20)8-12-25-23(24-2)26-21-9-13-27(14-10-21)16-19-11-15-29-17-19/h4-7,11,15,17-18,21H,8-10,12-14,16H2,1-3H3,(H2,24,25,26). The summed E-state index contributed by atoms with van der Waals surface area (Å²) in [4.78, 5) is 6.97. The molecule has 29 heavy (non-hydrogen) atoms. The molecule has 1 aliphatic rings. The van der Waals surface area contributed by atoms with Gasteiger partial charge >= 0.3 is 0 Å². The summed E-state index contributed by atoms with van der Waals surface area (Å²) >= 11 is 1.78. The molecular weight excluding hydrogens is 380 g/mol. The quantitative estimate of drug-likeness (QED) is 0.505. The molecule has 0 aliphatic carbocycles. The van der Waals surface area contributed by atoms with Crippen LogP contribution in [0.4, 0.5) is 0 Å². The summed E-state index contributed by atoms with van der Waals surface area (Å²) < 4.78 is 5.24. The molecule has 2 heterocycles.